The van der Waals surface area contributed by atoms with E-state index in [0.717, 1.165) is 10.9 Å². The molecule has 7 nitrogen and oxygen atoms in total. The van der Waals surface area contributed by atoms with Crippen LogP contribution in [0.25, 0.3) is 10.9 Å². The molecule has 0 saturated heterocycles. The minimum atomic E-state index is -0.259. The third-order valence-corrected chi connectivity index (χ3v) is 5.52. The summed E-state index contributed by atoms with van der Waals surface area (Å²) in [5.41, 5.74) is 0.964. The Labute approximate surface area is 193 Å². The van der Waals surface area contributed by atoms with Gasteiger partial charge in [0.2, 0.25) is 0 Å². The first kappa shape index (κ1) is 22.8. The molecule has 3 rings (SSSR count). The molecule has 9 heteroatoms. The first-order chi connectivity index (χ1) is 14.9. The molecular weight excluding hydrogens is 484 g/mol. The summed E-state index contributed by atoms with van der Waals surface area (Å²) in [7, 11) is 1.47. The van der Waals surface area contributed by atoms with Crippen LogP contribution in [0.15, 0.2) is 44.7 Å². The highest BCUT2D eigenvalue weighted by Gasteiger charge is 2.16. The molecule has 0 aliphatic rings. The van der Waals surface area contributed by atoms with Gasteiger partial charge in [0.15, 0.2) is 18.1 Å². The second-order valence-corrected chi connectivity index (χ2v) is 8.11. The number of ether oxygens (including phenoxy) is 2. The van der Waals surface area contributed by atoms with Gasteiger partial charge in [-0.1, -0.05) is 41.4 Å². The number of rotatable bonds is 7. The first-order valence-electron chi connectivity index (χ1n) is 9.53. The fourth-order valence-corrected chi connectivity index (χ4v) is 3.60. The fourth-order valence-electron chi connectivity index (χ4n) is 2.96. The van der Waals surface area contributed by atoms with Gasteiger partial charge in [0.1, 0.15) is 11.9 Å². The number of hydrogen-bond donors (Lipinski definition) is 0. The van der Waals surface area contributed by atoms with Crippen LogP contribution in [-0.4, -0.2) is 29.6 Å². The van der Waals surface area contributed by atoms with Gasteiger partial charge in [-0.3, -0.25) is 4.79 Å². The molecule has 2 aromatic carbocycles. The summed E-state index contributed by atoms with van der Waals surface area (Å²) in [4.78, 5) is 17.9. The largest absolute Gasteiger partial charge is 0.493 e. The van der Waals surface area contributed by atoms with E-state index in [2.05, 4.69) is 26.0 Å². The highest BCUT2D eigenvalue weighted by atomic mass is 79.9. The predicted octanol–water partition coefficient (Wildman–Crippen LogP) is 5.12. The Bertz CT molecular complexity index is 1250. The van der Waals surface area contributed by atoms with Crippen molar-refractivity contribution in [1.82, 2.24) is 9.66 Å². The van der Waals surface area contributed by atoms with Gasteiger partial charge in [-0.15, -0.1) is 0 Å². The van der Waals surface area contributed by atoms with Crippen molar-refractivity contribution in [2.75, 3.05) is 13.7 Å². The molecule has 1 heterocycles. The van der Waals surface area contributed by atoms with E-state index in [0.29, 0.717) is 28.0 Å². The lowest BCUT2D eigenvalue weighted by Gasteiger charge is -2.14. The molecule has 160 valence electrons. The zero-order chi connectivity index (χ0) is 22.5. The molecule has 0 radical (unpaired) electrons. The summed E-state index contributed by atoms with van der Waals surface area (Å²) < 4.78 is 12.8. The van der Waals surface area contributed by atoms with Gasteiger partial charge < -0.3 is 9.47 Å². The molecule has 3 aromatic rings. The number of benzene rings is 2. The van der Waals surface area contributed by atoms with Gasteiger partial charge in [0.05, 0.1) is 29.2 Å². The summed E-state index contributed by atoms with van der Waals surface area (Å²) in [6, 6.07) is 10.6. The summed E-state index contributed by atoms with van der Waals surface area (Å²) in [5.74, 6) is 1.24. The lowest BCUT2D eigenvalue weighted by atomic mass is 10.1. The minimum Gasteiger partial charge on any atom is -0.493 e. The maximum absolute atomic E-state index is 13.2. The smallest absolute Gasteiger partial charge is 0.282 e. The van der Waals surface area contributed by atoms with Crippen molar-refractivity contribution in [1.29, 1.82) is 5.26 Å². The number of nitrogens with zero attached hydrogens (tertiary/aromatic N) is 4. The maximum Gasteiger partial charge on any atom is 0.282 e. The molecule has 0 aliphatic heterocycles. The van der Waals surface area contributed by atoms with E-state index in [1.807, 2.05) is 32.0 Å². The second kappa shape index (κ2) is 9.94. The van der Waals surface area contributed by atoms with E-state index >= 15 is 0 Å². The van der Waals surface area contributed by atoms with E-state index in [4.69, 9.17) is 26.3 Å². The number of hydrogen-bond acceptors (Lipinski definition) is 6. The van der Waals surface area contributed by atoms with Crippen LogP contribution in [0.2, 0.25) is 5.02 Å². The highest BCUT2D eigenvalue weighted by molar-refractivity contribution is 9.10. The van der Waals surface area contributed by atoms with Crippen LogP contribution >= 0.6 is 27.5 Å². The first-order valence-corrected chi connectivity index (χ1v) is 10.7. The molecule has 0 saturated carbocycles. The number of methoxy groups -OCH3 is 1. The fraction of sp³-hybridized carbons (Fsp3) is 0.273. The van der Waals surface area contributed by atoms with Crippen molar-refractivity contribution in [3.8, 4) is 17.6 Å². The van der Waals surface area contributed by atoms with E-state index < -0.39 is 0 Å². The van der Waals surface area contributed by atoms with Gasteiger partial charge in [0, 0.05) is 10.4 Å². The Hall–Kier alpha value is -2.89. The molecule has 0 unspecified atom stereocenters. The molecule has 0 aliphatic carbocycles. The van der Waals surface area contributed by atoms with Crippen molar-refractivity contribution < 1.29 is 9.47 Å². The van der Waals surface area contributed by atoms with Crippen LogP contribution in [0.4, 0.5) is 0 Å². The van der Waals surface area contributed by atoms with Gasteiger partial charge in [0.25, 0.3) is 5.56 Å². The van der Waals surface area contributed by atoms with Crippen molar-refractivity contribution >= 4 is 44.6 Å². The van der Waals surface area contributed by atoms with Crippen molar-refractivity contribution in [3.63, 3.8) is 0 Å². The van der Waals surface area contributed by atoms with E-state index in [-0.39, 0.29) is 28.9 Å². The third kappa shape index (κ3) is 4.89. The zero-order valence-corrected chi connectivity index (χ0v) is 19.6. The zero-order valence-electron chi connectivity index (χ0n) is 17.2. The summed E-state index contributed by atoms with van der Waals surface area (Å²) in [6.07, 6.45) is 2.32. The predicted molar refractivity (Wildman–Crippen MR) is 125 cm³/mol. The van der Waals surface area contributed by atoms with E-state index in [9.17, 15) is 4.79 Å². The second-order valence-electron chi connectivity index (χ2n) is 6.78. The van der Waals surface area contributed by atoms with Gasteiger partial charge in [-0.2, -0.15) is 15.0 Å². The normalized spacial score (nSPS) is 12.1. The molecule has 1 aromatic heterocycles. The lowest BCUT2D eigenvalue weighted by Crippen LogP contribution is -2.23. The average Bonchev–Trinajstić information content (AvgIpc) is 2.77. The number of nitriles is 1. The van der Waals surface area contributed by atoms with Crippen LogP contribution in [0.5, 0.6) is 11.5 Å². The maximum atomic E-state index is 13.2. The van der Waals surface area contributed by atoms with Crippen molar-refractivity contribution in [2.45, 2.75) is 26.2 Å². The lowest BCUT2D eigenvalue weighted by molar-refractivity contribution is 0.330. The van der Waals surface area contributed by atoms with E-state index in [1.165, 1.54) is 18.0 Å². The molecule has 0 bridgehead atoms. The van der Waals surface area contributed by atoms with E-state index in [1.54, 1.807) is 18.2 Å². The molecule has 0 N–H and O–H groups in total. The van der Waals surface area contributed by atoms with Gasteiger partial charge >= 0.3 is 0 Å². The SMILES string of the molecule is CC[C@H](C)c1nc2ccc(Br)cc2c(=O)n1N=Cc1cc(Cl)c(OCC#N)c(OC)c1. The Kier molecular flexibility index (Phi) is 7.31. The molecule has 1 atom stereocenters. The quantitative estimate of drug-likeness (QED) is 0.418. The van der Waals surface area contributed by atoms with Crippen LogP contribution < -0.4 is 15.0 Å². The third-order valence-electron chi connectivity index (χ3n) is 4.74. The van der Waals surface area contributed by atoms with Crippen molar-refractivity contribution in [3.05, 3.63) is 61.6 Å². The van der Waals surface area contributed by atoms with Crippen LogP contribution in [-0.2, 0) is 0 Å². The average molecular weight is 504 g/mol. The van der Waals surface area contributed by atoms with Crippen LogP contribution in [0, 0.1) is 11.3 Å². The molecule has 0 amide bonds. The number of aromatic nitrogens is 2. The van der Waals surface area contributed by atoms with Gasteiger partial charge in [-0.05, 0) is 42.3 Å². The Morgan fingerprint density at radius 1 is 1.39 bits per heavy atom. The Morgan fingerprint density at radius 2 is 2.16 bits per heavy atom. The number of fused-ring (bicyclic) bond motifs is 1. The molecular formula is C22H20BrClN4O3. The van der Waals surface area contributed by atoms with Crippen molar-refractivity contribution in [2.24, 2.45) is 5.10 Å². The van der Waals surface area contributed by atoms with Gasteiger partial charge in [-0.25, -0.2) is 4.98 Å². The molecule has 31 heavy (non-hydrogen) atoms. The molecule has 0 fully saturated rings. The monoisotopic (exact) mass is 502 g/mol. The number of halogens is 2. The topological polar surface area (TPSA) is 89.5 Å². The summed E-state index contributed by atoms with van der Waals surface area (Å²) >= 11 is 9.70. The van der Waals surface area contributed by atoms with Crippen LogP contribution in [0.1, 0.15) is 37.6 Å². The summed E-state index contributed by atoms with van der Waals surface area (Å²) in [5, 5.41) is 13.9. The Morgan fingerprint density at radius 3 is 2.84 bits per heavy atom. The molecule has 0 spiro atoms. The highest BCUT2D eigenvalue weighted by Crippen LogP contribution is 2.36. The summed E-state index contributed by atoms with van der Waals surface area (Å²) in [6.45, 7) is 3.87. The standard InChI is InChI=1S/C22H20BrClN4O3/c1-4-13(2)21-27-18-6-5-15(23)11-16(18)22(29)28(21)26-12-14-9-17(24)20(31-8-7-25)19(10-14)30-3/h5-6,9-13H,4,8H2,1-3H3/t13-/m0/s1. The minimum absolute atomic E-state index is 0.0257. The van der Waals surface area contributed by atoms with Crippen LogP contribution in [0.3, 0.4) is 0 Å². The Balaban J connectivity index is 2.12.